The zero-order chi connectivity index (χ0) is 12.5. The van der Waals surface area contributed by atoms with E-state index in [-0.39, 0.29) is 17.4 Å². The average Bonchev–Trinajstić information content (AvgIpc) is 2.95. The van der Waals surface area contributed by atoms with Gasteiger partial charge in [-0.1, -0.05) is 6.92 Å². The maximum atomic E-state index is 11.6. The second-order valence-corrected chi connectivity index (χ2v) is 7.51. The Balaban J connectivity index is 1.65. The van der Waals surface area contributed by atoms with E-state index in [4.69, 9.17) is 0 Å². The van der Waals surface area contributed by atoms with Crippen molar-refractivity contribution in [1.29, 1.82) is 0 Å². The molecule has 17 heavy (non-hydrogen) atoms. The lowest BCUT2D eigenvalue weighted by Crippen LogP contribution is -2.45. The standard InChI is InChI=1S/C11H20N2O3S/c1-9-6-10(9)7-12-11(14)8-13-2-4-17(15,16)5-3-13/h9-10H,2-8H2,1H3,(H,12,14). The molecule has 0 aromatic rings. The smallest absolute Gasteiger partial charge is 0.234 e. The number of hydrogen-bond acceptors (Lipinski definition) is 4. The summed E-state index contributed by atoms with van der Waals surface area (Å²) in [4.78, 5) is 13.5. The molecule has 1 amide bonds. The van der Waals surface area contributed by atoms with Crippen molar-refractivity contribution in [2.75, 3.05) is 37.7 Å². The fourth-order valence-electron chi connectivity index (χ4n) is 2.10. The van der Waals surface area contributed by atoms with Crippen LogP contribution in [0.4, 0.5) is 0 Å². The third kappa shape index (κ3) is 3.96. The van der Waals surface area contributed by atoms with E-state index in [2.05, 4.69) is 12.2 Å². The van der Waals surface area contributed by atoms with E-state index in [1.165, 1.54) is 6.42 Å². The summed E-state index contributed by atoms with van der Waals surface area (Å²) in [6.07, 6.45) is 1.21. The highest BCUT2D eigenvalue weighted by Crippen LogP contribution is 2.36. The summed E-state index contributed by atoms with van der Waals surface area (Å²) in [6, 6.07) is 0. The van der Waals surface area contributed by atoms with Gasteiger partial charge in [-0.15, -0.1) is 0 Å². The predicted octanol–water partition coefficient (Wildman–Crippen LogP) is -0.511. The maximum Gasteiger partial charge on any atom is 0.234 e. The maximum absolute atomic E-state index is 11.6. The third-order valence-corrected chi connectivity index (χ3v) is 5.25. The minimum absolute atomic E-state index is 0.0170. The molecular formula is C11H20N2O3S. The molecule has 5 nitrogen and oxygen atoms in total. The summed E-state index contributed by atoms with van der Waals surface area (Å²) in [7, 11) is -2.85. The van der Waals surface area contributed by atoms with Gasteiger partial charge in [0.05, 0.1) is 18.1 Å². The van der Waals surface area contributed by atoms with Gasteiger partial charge in [-0.2, -0.15) is 0 Å². The lowest BCUT2D eigenvalue weighted by atomic mass is 10.3. The Hall–Kier alpha value is -0.620. The lowest BCUT2D eigenvalue weighted by Gasteiger charge is -2.25. The summed E-state index contributed by atoms with van der Waals surface area (Å²) in [6.45, 7) is 4.25. The fourth-order valence-corrected chi connectivity index (χ4v) is 3.37. The highest BCUT2D eigenvalue weighted by molar-refractivity contribution is 7.91. The summed E-state index contributed by atoms with van der Waals surface area (Å²) in [5, 5.41) is 2.91. The number of carbonyl (C=O) groups excluding carboxylic acids is 1. The summed E-state index contributed by atoms with van der Waals surface area (Å²) in [5.74, 6) is 1.78. The van der Waals surface area contributed by atoms with E-state index >= 15 is 0 Å². The minimum Gasteiger partial charge on any atom is -0.355 e. The van der Waals surface area contributed by atoms with Gasteiger partial charge in [0.2, 0.25) is 5.91 Å². The zero-order valence-electron chi connectivity index (χ0n) is 10.2. The first-order chi connectivity index (χ1) is 7.96. The summed E-state index contributed by atoms with van der Waals surface area (Å²) < 4.78 is 22.4. The monoisotopic (exact) mass is 260 g/mol. The lowest BCUT2D eigenvalue weighted by molar-refractivity contribution is -0.122. The molecule has 6 heteroatoms. The van der Waals surface area contributed by atoms with Crippen LogP contribution in [0.15, 0.2) is 0 Å². The molecule has 1 aliphatic carbocycles. The van der Waals surface area contributed by atoms with Gasteiger partial charge in [0.1, 0.15) is 0 Å². The van der Waals surface area contributed by atoms with Gasteiger partial charge >= 0.3 is 0 Å². The SMILES string of the molecule is CC1CC1CNC(=O)CN1CCS(=O)(=O)CC1. The van der Waals surface area contributed by atoms with Crippen LogP contribution in [0.1, 0.15) is 13.3 Å². The Kier molecular flexibility index (Phi) is 3.73. The van der Waals surface area contributed by atoms with Crippen molar-refractivity contribution in [2.45, 2.75) is 13.3 Å². The highest BCUT2D eigenvalue weighted by atomic mass is 32.2. The van der Waals surface area contributed by atoms with Gasteiger partial charge in [-0.25, -0.2) is 8.42 Å². The summed E-state index contributed by atoms with van der Waals surface area (Å²) in [5.41, 5.74) is 0. The van der Waals surface area contributed by atoms with Crippen molar-refractivity contribution in [3.05, 3.63) is 0 Å². The topological polar surface area (TPSA) is 66.5 Å². The van der Waals surface area contributed by atoms with E-state index in [9.17, 15) is 13.2 Å². The zero-order valence-corrected chi connectivity index (χ0v) is 11.0. The Morgan fingerprint density at radius 1 is 1.35 bits per heavy atom. The molecule has 98 valence electrons. The van der Waals surface area contributed by atoms with Gasteiger partial charge in [0.15, 0.2) is 9.84 Å². The fraction of sp³-hybridized carbons (Fsp3) is 0.909. The summed E-state index contributed by atoms with van der Waals surface area (Å²) >= 11 is 0. The first-order valence-corrected chi connectivity index (χ1v) is 7.98. The number of amides is 1. The normalized spacial score (nSPS) is 32.1. The largest absolute Gasteiger partial charge is 0.355 e. The second kappa shape index (κ2) is 4.94. The van der Waals surface area contributed by atoms with E-state index in [0.29, 0.717) is 25.6 Å². The van der Waals surface area contributed by atoms with Crippen molar-refractivity contribution in [1.82, 2.24) is 10.2 Å². The first-order valence-electron chi connectivity index (χ1n) is 6.16. The molecule has 0 aromatic heterocycles. The van der Waals surface area contributed by atoms with Gasteiger partial charge in [0, 0.05) is 19.6 Å². The number of nitrogens with one attached hydrogen (secondary N) is 1. The van der Waals surface area contributed by atoms with Crippen molar-refractivity contribution in [3.63, 3.8) is 0 Å². The molecule has 1 N–H and O–H groups in total. The molecule has 2 fully saturated rings. The molecule has 2 rings (SSSR count). The number of rotatable bonds is 4. The predicted molar refractivity (Wildman–Crippen MR) is 65.4 cm³/mol. The molecule has 1 heterocycles. The van der Waals surface area contributed by atoms with Gasteiger partial charge < -0.3 is 5.32 Å². The molecule has 2 atom stereocenters. The quantitative estimate of drug-likeness (QED) is 0.739. The molecule has 0 bridgehead atoms. The second-order valence-electron chi connectivity index (χ2n) is 5.21. The minimum atomic E-state index is -2.85. The van der Waals surface area contributed by atoms with Crippen LogP contribution in [0.2, 0.25) is 0 Å². The Labute approximate surface area is 102 Å². The van der Waals surface area contributed by atoms with Crippen LogP contribution in [0.5, 0.6) is 0 Å². The first kappa shape index (κ1) is 12.8. The van der Waals surface area contributed by atoms with Crippen molar-refractivity contribution < 1.29 is 13.2 Å². The van der Waals surface area contributed by atoms with Crippen LogP contribution in [-0.2, 0) is 14.6 Å². The highest BCUT2D eigenvalue weighted by Gasteiger charge is 2.32. The molecule has 2 aliphatic rings. The third-order valence-electron chi connectivity index (χ3n) is 3.64. The molecule has 1 saturated heterocycles. The van der Waals surface area contributed by atoms with Gasteiger partial charge in [0.25, 0.3) is 0 Å². The molecule has 0 spiro atoms. The molecule has 0 aromatic carbocycles. The van der Waals surface area contributed by atoms with E-state index in [1.54, 1.807) is 0 Å². The van der Waals surface area contributed by atoms with Gasteiger partial charge in [-0.05, 0) is 18.3 Å². The molecule has 1 aliphatic heterocycles. The Morgan fingerprint density at radius 3 is 2.47 bits per heavy atom. The van der Waals surface area contributed by atoms with E-state index < -0.39 is 9.84 Å². The number of carbonyl (C=O) groups is 1. The molecule has 0 radical (unpaired) electrons. The molecular weight excluding hydrogens is 240 g/mol. The van der Waals surface area contributed by atoms with E-state index in [0.717, 1.165) is 12.5 Å². The average molecular weight is 260 g/mol. The van der Waals surface area contributed by atoms with Crippen LogP contribution in [0, 0.1) is 11.8 Å². The van der Waals surface area contributed by atoms with Crippen LogP contribution in [-0.4, -0.2) is 56.9 Å². The number of nitrogens with zero attached hydrogens (tertiary/aromatic N) is 1. The van der Waals surface area contributed by atoms with E-state index in [1.807, 2.05) is 4.90 Å². The Morgan fingerprint density at radius 2 is 1.94 bits per heavy atom. The molecule has 2 unspecified atom stereocenters. The van der Waals surface area contributed by atoms with Crippen LogP contribution >= 0.6 is 0 Å². The van der Waals surface area contributed by atoms with Crippen molar-refractivity contribution in [2.24, 2.45) is 11.8 Å². The number of sulfone groups is 1. The Bertz CT molecular complexity index is 380. The number of hydrogen-bond donors (Lipinski definition) is 1. The van der Waals surface area contributed by atoms with Crippen LogP contribution in [0.3, 0.4) is 0 Å². The van der Waals surface area contributed by atoms with Crippen molar-refractivity contribution >= 4 is 15.7 Å². The van der Waals surface area contributed by atoms with Crippen molar-refractivity contribution in [3.8, 4) is 0 Å². The van der Waals surface area contributed by atoms with Gasteiger partial charge in [-0.3, -0.25) is 9.69 Å². The molecule has 1 saturated carbocycles. The van der Waals surface area contributed by atoms with Crippen LogP contribution < -0.4 is 5.32 Å². The van der Waals surface area contributed by atoms with Crippen LogP contribution in [0.25, 0.3) is 0 Å².